The van der Waals surface area contributed by atoms with Crippen molar-refractivity contribution in [2.24, 2.45) is 0 Å². The lowest BCUT2D eigenvalue weighted by molar-refractivity contribution is 1.12. The van der Waals surface area contributed by atoms with E-state index in [1.807, 2.05) is 0 Å². The number of hydrogen-bond donors (Lipinski definition) is 0. The molecule has 0 heterocycles. The second-order valence-corrected chi connectivity index (χ2v) is 2.40. The fourth-order valence-corrected chi connectivity index (χ4v) is 0. The lowest BCUT2D eigenvalue weighted by Gasteiger charge is -1.90. The van der Waals surface area contributed by atoms with Crippen LogP contribution in [0.1, 0.15) is 13.8 Å². The molecule has 1 heteroatoms. The topological polar surface area (TPSA) is 0 Å². The van der Waals surface area contributed by atoms with Crippen LogP contribution in [0, 0.1) is 6.26 Å². The van der Waals surface area contributed by atoms with Crippen molar-refractivity contribution in [3.05, 3.63) is 6.26 Å². The highest BCUT2D eigenvalue weighted by molar-refractivity contribution is 8.00. The Morgan fingerprint density at radius 3 is 1.80 bits per heavy atom. The molecule has 0 aliphatic carbocycles. The highest BCUT2D eigenvalue weighted by Crippen LogP contribution is 2.02. The summed E-state index contributed by atoms with van der Waals surface area (Å²) in [5.41, 5.74) is 0. The molecule has 0 nitrogen and oxygen atoms in total. The predicted octanol–water partition coefficient (Wildman–Crippen LogP) is 1.80. The summed E-state index contributed by atoms with van der Waals surface area (Å²) in [4.78, 5) is 0. The molecule has 0 fully saturated rings. The molecule has 0 atom stereocenters. The molecule has 0 aromatic rings. The molecule has 0 saturated heterocycles. The van der Waals surface area contributed by atoms with Gasteiger partial charge in [0.1, 0.15) is 0 Å². The molecule has 0 bridgehead atoms. The van der Waals surface area contributed by atoms with Gasteiger partial charge >= 0.3 is 0 Å². The maximum atomic E-state index is 5.09. The van der Waals surface area contributed by atoms with Gasteiger partial charge in [0.2, 0.25) is 0 Å². The molecule has 0 aromatic heterocycles. The van der Waals surface area contributed by atoms with Crippen molar-refractivity contribution in [3.8, 4) is 0 Å². The lowest BCUT2D eigenvalue weighted by Crippen LogP contribution is -1.78. The molecule has 0 N–H and O–H groups in total. The Kier molecular flexibility index (Phi) is 2.76. The molecule has 0 saturated carbocycles. The first-order valence-corrected chi connectivity index (χ1v) is 2.57. The first kappa shape index (κ1) is 5.35. The van der Waals surface area contributed by atoms with Crippen LogP contribution in [0.25, 0.3) is 0 Å². The lowest BCUT2D eigenvalue weighted by atomic mass is 10.6. The van der Waals surface area contributed by atoms with Crippen LogP contribution >= 0.6 is 11.8 Å². The molecule has 0 rings (SSSR count). The van der Waals surface area contributed by atoms with Crippen LogP contribution in [0.3, 0.4) is 0 Å². The summed E-state index contributed by atoms with van der Waals surface area (Å²) in [6, 6.07) is 0. The maximum absolute atomic E-state index is 5.09. The van der Waals surface area contributed by atoms with E-state index in [0.29, 0.717) is 5.25 Å². The van der Waals surface area contributed by atoms with Crippen LogP contribution in [0.4, 0.5) is 0 Å². The molecule has 0 aliphatic heterocycles. The van der Waals surface area contributed by atoms with Gasteiger partial charge in [-0.15, -0.1) is 0 Å². The highest BCUT2D eigenvalue weighted by atomic mass is 32.2. The average molecular weight is 88.2 g/mol. The number of rotatable bonds is 1. The van der Waals surface area contributed by atoms with E-state index in [0.717, 1.165) is 0 Å². The van der Waals surface area contributed by atoms with Gasteiger partial charge in [-0.3, -0.25) is 0 Å². The van der Waals surface area contributed by atoms with E-state index in [-0.39, 0.29) is 0 Å². The summed E-state index contributed by atoms with van der Waals surface area (Å²) in [5.74, 6) is 0. The van der Waals surface area contributed by atoms with Crippen LogP contribution in [-0.2, 0) is 0 Å². The zero-order chi connectivity index (χ0) is 4.28. The van der Waals surface area contributed by atoms with Crippen molar-refractivity contribution in [2.45, 2.75) is 19.1 Å². The van der Waals surface area contributed by atoms with Crippen molar-refractivity contribution in [1.82, 2.24) is 0 Å². The van der Waals surface area contributed by atoms with E-state index < -0.39 is 0 Å². The highest BCUT2D eigenvalue weighted by Gasteiger charge is 1.80. The van der Waals surface area contributed by atoms with Crippen molar-refractivity contribution < 1.29 is 0 Å². The van der Waals surface area contributed by atoms with E-state index >= 15 is 0 Å². The molecular formula is C4H8S. The van der Waals surface area contributed by atoms with Gasteiger partial charge in [-0.25, -0.2) is 0 Å². The minimum atomic E-state index is 0.579. The third-order valence-electron chi connectivity index (χ3n) is 0.272. The van der Waals surface area contributed by atoms with Crippen molar-refractivity contribution in [3.63, 3.8) is 0 Å². The number of hydrogen-bond acceptors (Lipinski definition) is 1. The van der Waals surface area contributed by atoms with Crippen molar-refractivity contribution in [1.29, 1.82) is 0 Å². The van der Waals surface area contributed by atoms with Gasteiger partial charge in [0.25, 0.3) is 0 Å². The van der Waals surface area contributed by atoms with Crippen LogP contribution in [0.15, 0.2) is 0 Å². The summed E-state index contributed by atoms with van der Waals surface area (Å²) in [6.45, 7) is 4.12. The van der Waals surface area contributed by atoms with Gasteiger partial charge in [-0.1, -0.05) is 13.8 Å². The Bertz CT molecular complexity index is 17.6. The van der Waals surface area contributed by atoms with Crippen LogP contribution in [0.5, 0.6) is 0 Å². The Morgan fingerprint density at radius 2 is 1.80 bits per heavy atom. The van der Waals surface area contributed by atoms with Crippen LogP contribution in [0.2, 0.25) is 0 Å². The van der Waals surface area contributed by atoms with E-state index in [9.17, 15) is 0 Å². The maximum Gasteiger partial charge on any atom is 0.0310 e. The molecule has 0 unspecified atom stereocenters. The van der Waals surface area contributed by atoms with Gasteiger partial charge in [-0.05, 0) is 5.25 Å². The second kappa shape index (κ2) is 2.58. The quantitative estimate of drug-likeness (QED) is 0.471. The minimum Gasteiger partial charge on any atom is -0.153 e. The Morgan fingerprint density at radius 1 is 1.60 bits per heavy atom. The standard InChI is InChI=1S/C4H8S/c1-4(2)5-3/h3-4H,1-2H3. The molecular weight excluding hydrogens is 80.1 g/mol. The van der Waals surface area contributed by atoms with Crippen LogP contribution < -0.4 is 0 Å². The third kappa shape index (κ3) is 4.35. The normalized spacial score (nSPS) is 9.60. The Hall–Kier alpha value is 0.350. The van der Waals surface area contributed by atoms with E-state index in [1.165, 1.54) is 11.8 Å². The molecule has 2 radical (unpaired) electrons. The zero-order valence-corrected chi connectivity index (χ0v) is 4.38. The minimum absolute atomic E-state index is 0.579. The summed E-state index contributed by atoms with van der Waals surface area (Å²) in [6.07, 6.45) is 5.09. The van der Waals surface area contributed by atoms with Gasteiger partial charge in [0.05, 0.1) is 0 Å². The fourth-order valence-electron chi connectivity index (χ4n) is 0. The zero-order valence-electron chi connectivity index (χ0n) is 3.56. The SMILES string of the molecule is [CH]SC(C)C. The summed E-state index contributed by atoms with van der Waals surface area (Å²) < 4.78 is 0. The monoisotopic (exact) mass is 88.0 g/mol. The second-order valence-electron chi connectivity index (χ2n) is 1.18. The summed E-state index contributed by atoms with van der Waals surface area (Å²) in [5, 5.41) is 0.579. The molecule has 0 aliphatic rings. The first-order chi connectivity index (χ1) is 2.27. The van der Waals surface area contributed by atoms with E-state index in [2.05, 4.69) is 13.8 Å². The predicted molar refractivity (Wildman–Crippen MR) is 27.0 cm³/mol. The van der Waals surface area contributed by atoms with E-state index in [4.69, 9.17) is 6.26 Å². The van der Waals surface area contributed by atoms with Gasteiger partial charge in [0, 0.05) is 6.26 Å². The van der Waals surface area contributed by atoms with Crippen molar-refractivity contribution >= 4 is 11.8 Å². The van der Waals surface area contributed by atoms with E-state index in [1.54, 1.807) is 0 Å². The van der Waals surface area contributed by atoms with Gasteiger partial charge in [-0.2, -0.15) is 11.8 Å². The smallest absolute Gasteiger partial charge is 0.0310 e. The van der Waals surface area contributed by atoms with Crippen molar-refractivity contribution in [2.75, 3.05) is 0 Å². The van der Waals surface area contributed by atoms with Gasteiger partial charge in [0.15, 0.2) is 0 Å². The average Bonchev–Trinajstić information content (AvgIpc) is 1.38. The Labute approximate surface area is 38.0 Å². The molecule has 0 spiro atoms. The molecule has 30 valence electrons. The fraction of sp³-hybridized carbons (Fsp3) is 0.750. The summed E-state index contributed by atoms with van der Waals surface area (Å²) >= 11 is 1.38. The molecule has 0 amide bonds. The largest absolute Gasteiger partial charge is 0.153 e. The number of thioether (sulfide) groups is 1. The molecule has 0 aromatic carbocycles. The first-order valence-electron chi connectivity index (χ1n) is 1.63. The third-order valence-corrected chi connectivity index (χ3v) is 0.816. The Balaban J connectivity index is 2.54. The van der Waals surface area contributed by atoms with Gasteiger partial charge < -0.3 is 0 Å². The molecule has 5 heavy (non-hydrogen) atoms. The summed E-state index contributed by atoms with van der Waals surface area (Å²) in [7, 11) is 0. The van der Waals surface area contributed by atoms with Crippen LogP contribution in [-0.4, -0.2) is 5.25 Å².